The van der Waals surface area contributed by atoms with Crippen LogP contribution in [-0.4, -0.2) is 6.54 Å². The second-order valence-corrected chi connectivity index (χ2v) is 3.82. The van der Waals surface area contributed by atoms with Gasteiger partial charge in [-0.15, -0.1) is 0 Å². The molecule has 0 bridgehead atoms. The highest BCUT2D eigenvalue weighted by atomic mass is 14.9. The van der Waals surface area contributed by atoms with E-state index in [1.54, 1.807) is 5.57 Å². The van der Waals surface area contributed by atoms with Crippen molar-refractivity contribution >= 4 is 5.57 Å². The largest absolute Gasteiger partial charge is 0.388 e. The number of allylic oxidation sites excluding steroid dienone is 2. The van der Waals surface area contributed by atoms with Crippen LogP contribution in [0.4, 0.5) is 0 Å². The zero-order chi connectivity index (χ0) is 8.67. The fourth-order valence-corrected chi connectivity index (χ4v) is 2.39. The molecule has 1 aliphatic heterocycles. The van der Waals surface area contributed by atoms with Crippen LogP contribution in [0, 0.1) is 0 Å². The zero-order valence-electron chi connectivity index (χ0n) is 7.64. The van der Waals surface area contributed by atoms with Crippen LogP contribution in [0.15, 0.2) is 30.0 Å². The van der Waals surface area contributed by atoms with E-state index in [1.807, 2.05) is 0 Å². The summed E-state index contributed by atoms with van der Waals surface area (Å²) >= 11 is 0. The highest BCUT2D eigenvalue weighted by Crippen LogP contribution is 2.35. The van der Waals surface area contributed by atoms with E-state index >= 15 is 0 Å². The van der Waals surface area contributed by atoms with Crippen molar-refractivity contribution in [3.05, 3.63) is 41.1 Å². The average molecular weight is 171 g/mol. The van der Waals surface area contributed by atoms with Crippen LogP contribution < -0.4 is 5.32 Å². The molecule has 66 valence electrons. The van der Waals surface area contributed by atoms with Crippen molar-refractivity contribution in [1.82, 2.24) is 5.32 Å². The predicted octanol–water partition coefficient (Wildman–Crippen LogP) is 2.34. The van der Waals surface area contributed by atoms with Gasteiger partial charge in [0.2, 0.25) is 0 Å². The smallest absolute Gasteiger partial charge is 0.0190 e. The van der Waals surface area contributed by atoms with Crippen molar-refractivity contribution in [3.63, 3.8) is 0 Å². The molecule has 1 aliphatic carbocycles. The second kappa shape index (κ2) is 2.63. The van der Waals surface area contributed by atoms with E-state index in [0.29, 0.717) is 0 Å². The normalized spacial score (nSPS) is 19.4. The van der Waals surface area contributed by atoms with Gasteiger partial charge in [-0.2, -0.15) is 0 Å². The minimum atomic E-state index is 1.13. The fourth-order valence-electron chi connectivity index (χ4n) is 2.39. The summed E-state index contributed by atoms with van der Waals surface area (Å²) in [5, 5.41) is 3.51. The highest BCUT2D eigenvalue weighted by molar-refractivity contribution is 5.76. The van der Waals surface area contributed by atoms with Gasteiger partial charge in [-0.05, 0) is 29.5 Å². The van der Waals surface area contributed by atoms with Crippen LogP contribution in [0.25, 0.3) is 5.57 Å². The van der Waals surface area contributed by atoms with Gasteiger partial charge in [0.15, 0.2) is 0 Å². The van der Waals surface area contributed by atoms with Crippen molar-refractivity contribution in [2.75, 3.05) is 6.54 Å². The molecular weight excluding hydrogens is 158 g/mol. The molecule has 1 aromatic rings. The van der Waals surface area contributed by atoms with E-state index in [4.69, 9.17) is 0 Å². The maximum Gasteiger partial charge on any atom is 0.0190 e. The Bertz CT molecular complexity index is 376. The summed E-state index contributed by atoms with van der Waals surface area (Å²) in [6.45, 7) is 1.16. The number of hydrogen-bond donors (Lipinski definition) is 1. The lowest BCUT2D eigenvalue weighted by atomic mass is 10.0. The van der Waals surface area contributed by atoms with Gasteiger partial charge in [0.25, 0.3) is 0 Å². The summed E-state index contributed by atoms with van der Waals surface area (Å²) < 4.78 is 0. The molecule has 0 spiro atoms. The molecule has 0 radical (unpaired) electrons. The van der Waals surface area contributed by atoms with Gasteiger partial charge in [-0.25, -0.2) is 0 Å². The molecule has 1 heterocycles. The first-order valence-corrected chi connectivity index (χ1v) is 4.99. The molecule has 3 rings (SSSR count). The van der Waals surface area contributed by atoms with E-state index in [0.717, 1.165) is 13.0 Å². The number of benzene rings is 1. The first-order chi connectivity index (χ1) is 6.45. The van der Waals surface area contributed by atoms with Gasteiger partial charge in [-0.3, -0.25) is 0 Å². The lowest BCUT2D eigenvalue weighted by Gasteiger charge is -2.16. The SMILES string of the molecule is c1ccc2c(c1)CC1=C2CCCN1. The summed E-state index contributed by atoms with van der Waals surface area (Å²) in [5.74, 6) is 0. The van der Waals surface area contributed by atoms with Crippen molar-refractivity contribution in [2.45, 2.75) is 19.3 Å². The van der Waals surface area contributed by atoms with Gasteiger partial charge < -0.3 is 5.32 Å². The molecule has 1 heteroatoms. The summed E-state index contributed by atoms with van der Waals surface area (Å²) in [6, 6.07) is 8.78. The van der Waals surface area contributed by atoms with Gasteiger partial charge in [0, 0.05) is 18.7 Å². The Hall–Kier alpha value is -1.24. The maximum atomic E-state index is 3.51. The quantitative estimate of drug-likeness (QED) is 0.631. The van der Waals surface area contributed by atoms with Crippen LogP contribution >= 0.6 is 0 Å². The van der Waals surface area contributed by atoms with Crippen LogP contribution in [0.2, 0.25) is 0 Å². The predicted molar refractivity (Wildman–Crippen MR) is 54.3 cm³/mol. The van der Waals surface area contributed by atoms with Gasteiger partial charge in [-0.1, -0.05) is 24.3 Å². The van der Waals surface area contributed by atoms with Crippen molar-refractivity contribution in [2.24, 2.45) is 0 Å². The topological polar surface area (TPSA) is 12.0 Å². The average Bonchev–Trinajstić information content (AvgIpc) is 2.56. The molecule has 0 unspecified atom stereocenters. The molecule has 0 aromatic heterocycles. The van der Waals surface area contributed by atoms with E-state index in [1.165, 1.54) is 29.7 Å². The first-order valence-electron chi connectivity index (χ1n) is 4.99. The Morgan fingerprint density at radius 3 is 3.08 bits per heavy atom. The van der Waals surface area contributed by atoms with Gasteiger partial charge >= 0.3 is 0 Å². The van der Waals surface area contributed by atoms with Crippen molar-refractivity contribution in [1.29, 1.82) is 0 Å². The maximum absolute atomic E-state index is 3.51. The lowest BCUT2D eigenvalue weighted by molar-refractivity contribution is 0.697. The molecule has 0 saturated heterocycles. The Balaban J connectivity index is 2.12. The van der Waals surface area contributed by atoms with E-state index in [9.17, 15) is 0 Å². The van der Waals surface area contributed by atoms with Gasteiger partial charge in [0.1, 0.15) is 0 Å². The van der Waals surface area contributed by atoms with Gasteiger partial charge in [0.05, 0.1) is 0 Å². The summed E-state index contributed by atoms with van der Waals surface area (Å²) in [5.41, 5.74) is 6.04. The molecule has 0 amide bonds. The Morgan fingerprint density at radius 1 is 1.15 bits per heavy atom. The molecule has 0 atom stereocenters. The van der Waals surface area contributed by atoms with E-state index < -0.39 is 0 Å². The number of fused-ring (bicyclic) bond motifs is 2. The van der Waals surface area contributed by atoms with Crippen LogP contribution in [0.5, 0.6) is 0 Å². The number of hydrogen-bond acceptors (Lipinski definition) is 1. The number of rotatable bonds is 0. The Labute approximate surface area is 78.5 Å². The van der Waals surface area contributed by atoms with Crippen molar-refractivity contribution in [3.8, 4) is 0 Å². The third kappa shape index (κ3) is 0.998. The fraction of sp³-hybridized carbons (Fsp3) is 0.333. The standard InChI is InChI=1S/C12H13N/c1-2-5-10-9(4-1)8-12-11(10)6-3-7-13-12/h1-2,4-5,13H,3,6-8H2. The molecule has 13 heavy (non-hydrogen) atoms. The monoisotopic (exact) mass is 171 g/mol. The molecular formula is C12H13N. The molecule has 1 aromatic carbocycles. The summed E-state index contributed by atoms with van der Waals surface area (Å²) in [6.07, 6.45) is 3.68. The van der Waals surface area contributed by atoms with E-state index in [2.05, 4.69) is 29.6 Å². The highest BCUT2D eigenvalue weighted by Gasteiger charge is 2.22. The minimum absolute atomic E-state index is 1.13. The van der Waals surface area contributed by atoms with Crippen molar-refractivity contribution < 1.29 is 0 Å². The first kappa shape index (κ1) is 7.19. The molecule has 2 aliphatic rings. The van der Waals surface area contributed by atoms with Crippen LogP contribution in [0.1, 0.15) is 24.0 Å². The Kier molecular flexibility index (Phi) is 1.45. The lowest BCUT2D eigenvalue weighted by Crippen LogP contribution is -2.19. The van der Waals surface area contributed by atoms with Crippen LogP contribution in [0.3, 0.4) is 0 Å². The molecule has 0 fully saturated rings. The minimum Gasteiger partial charge on any atom is -0.388 e. The molecule has 0 saturated carbocycles. The zero-order valence-corrected chi connectivity index (χ0v) is 7.64. The van der Waals surface area contributed by atoms with Crippen LogP contribution in [-0.2, 0) is 6.42 Å². The number of nitrogens with one attached hydrogen (secondary N) is 1. The third-order valence-electron chi connectivity index (χ3n) is 3.02. The Morgan fingerprint density at radius 2 is 2.08 bits per heavy atom. The summed E-state index contributed by atoms with van der Waals surface area (Å²) in [4.78, 5) is 0. The van der Waals surface area contributed by atoms with E-state index in [-0.39, 0.29) is 0 Å². The summed E-state index contributed by atoms with van der Waals surface area (Å²) in [7, 11) is 0. The molecule has 1 nitrogen and oxygen atoms in total. The molecule has 1 N–H and O–H groups in total. The second-order valence-electron chi connectivity index (χ2n) is 3.82. The third-order valence-corrected chi connectivity index (χ3v) is 3.02.